The molecule has 26 heavy (non-hydrogen) atoms. The summed E-state index contributed by atoms with van der Waals surface area (Å²) in [6.45, 7) is 0.612. The third kappa shape index (κ3) is 5.22. The van der Waals surface area contributed by atoms with Gasteiger partial charge in [-0.05, 0) is 31.2 Å². The van der Waals surface area contributed by atoms with E-state index in [-0.39, 0.29) is 6.42 Å². The maximum atomic E-state index is 14.2. The van der Waals surface area contributed by atoms with Gasteiger partial charge in [0.2, 0.25) is 5.91 Å². The summed E-state index contributed by atoms with van der Waals surface area (Å²) in [7, 11) is 0. The Morgan fingerprint density at radius 2 is 1.81 bits per heavy atom. The Kier molecular flexibility index (Phi) is 7.05. The third-order valence-corrected chi connectivity index (χ3v) is 4.50. The fourth-order valence-electron chi connectivity index (χ4n) is 2.93. The van der Waals surface area contributed by atoms with Crippen molar-refractivity contribution in [3.63, 3.8) is 0 Å². The van der Waals surface area contributed by atoms with Gasteiger partial charge in [0.05, 0.1) is 6.54 Å². The van der Waals surface area contributed by atoms with Gasteiger partial charge in [0, 0.05) is 19.1 Å². The first-order valence-electron chi connectivity index (χ1n) is 8.74. The molecule has 0 aliphatic carbocycles. The molecule has 0 spiro atoms. The van der Waals surface area contributed by atoms with Gasteiger partial charge in [0.15, 0.2) is 0 Å². The minimum atomic E-state index is -4.09. The highest BCUT2D eigenvalue weighted by atomic mass is 19.3. The number of aliphatic hydroxyl groups is 1. The number of nitrogens with zero attached hydrogens (tertiary/aromatic N) is 1. The van der Waals surface area contributed by atoms with Crippen LogP contribution in [0.4, 0.5) is 8.78 Å². The van der Waals surface area contributed by atoms with E-state index in [4.69, 9.17) is 5.73 Å². The van der Waals surface area contributed by atoms with Crippen LogP contribution in [-0.4, -0.2) is 59.5 Å². The largest absolute Gasteiger partial charge is 0.385 e. The molecule has 2 unspecified atom stereocenters. The smallest absolute Gasteiger partial charge is 0.351 e. The highest BCUT2D eigenvalue weighted by Gasteiger charge is 2.49. The third-order valence-electron chi connectivity index (χ3n) is 4.50. The van der Waals surface area contributed by atoms with Crippen molar-refractivity contribution in [1.29, 1.82) is 0 Å². The van der Waals surface area contributed by atoms with Crippen LogP contribution < -0.4 is 11.1 Å². The van der Waals surface area contributed by atoms with Crippen LogP contribution in [0, 0.1) is 0 Å². The van der Waals surface area contributed by atoms with Crippen LogP contribution in [0.2, 0.25) is 0 Å². The predicted molar refractivity (Wildman–Crippen MR) is 92.5 cm³/mol. The van der Waals surface area contributed by atoms with Crippen LogP contribution >= 0.6 is 0 Å². The number of halogens is 2. The molecule has 8 heteroatoms. The van der Waals surface area contributed by atoms with Gasteiger partial charge in [-0.25, -0.2) is 0 Å². The van der Waals surface area contributed by atoms with Crippen molar-refractivity contribution in [3.8, 4) is 0 Å². The number of carbonyl (C=O) groups is 2. The molecular formula is C18H25F2N3O3. The molecule has 144 valence electrons. The molecule has 2 atom stereocenters. The molecule has 0 saturated carbocycles. The fourth-order valence-corrected chi connectivity index (χ4v) is 2.93. The Balaban J connectivity index is 1.87. The molecule has 1 aliphatic heterocycles. The van der Waals surface area contributed by atoms with E-state index in [1.165, 1.54) is 0 Å². The molecule has 0 radical (unpaired) electrons. The molecule has 6 nitrogen and oxygen atoms in total. The topological polar surface area (TPSA) is 95.7 Å². The number of alkyl halides is 2. The normalized spacial score (nSPS) is 17.5. The summed E-state index contributed by atoms with van der Waals surface area (Å²) in [5, 5.41) is 11.8. The maximum absolute atomic E-state index is 14.2. The summed E-state index contributed by atoms with van der Waals surface area (Å²) in [5.41, 5.74) is 6.34. The lowest BCUT2D eigenvalue weighted by molar-refractivity contribution is -0.166. The highest BCUT2D eigenvalue weighted by Crippen LogP contribution is 2.22. The molecule has 1 aliphatic rings. The monoisotopic (exact) mass is 369 g/mol. The van der Waals surface area contributed by atoms with E-state index in [0.29, 0.717) is 18.7 Å². The van der Waals surface area contributed by atoms with E-state index in [9.17, 15) is 23.5 Å². The highest BCUT2D eigenvalue weighted by molar-refractivity contribution is 5.89. The van der Waals surface area contributed by atoms with Gasteiger partial charge >= 0.3 is 5.92 Å². The Labute approximate surface area is 151 Å². The second kappa shape index (κ2) is 9.05. The van der Waals surface area contributed by atoms with E-state index in [1.807, 2.05) is 5.32 Å². The first kappa shape index (κ1) is 20.3. The van der Waals surface area contributed by atoms with Gasteiger partial charge in [0.1, 0.15) is 6.10 Å². The molecule has 0 bridgehead atoms. The lowest BCUT2D eigenvalue weighted by Crippen LogP contribution is -2.57. The summed E-state index contributed by atoms with van der Waals surface area (Å²) in [6, 6.07) is 7.30. The number of hydrogen-bond donors (Lipinski definition) is 3. The second-order valence-electron chi connectivity index (χ2n) is 6.55. The van der Waals surface area contributed by atoms with Gasteiger partial charge in [0.25, 0.3) is 5.91 Å². The lowest BCUT2D eigenvalue weighted by Gasteiger charge is -2.28. The number of carbonyl (C=O) groups excluding carboxylic acids is 2. The van der Waals surface area contributed by atoms with Crippen molar-refractivity contribution >= 4 is 11.8 Å². The number of piperidine rings is 1. The number of amides is 2. The van der Waals surface area contributed by atoms with Crippen LogP contribution in [0.3, 0.4) is 0 Å². The van der Waals surface area contributed by atoms with Crippen LogP contribution in [0.25, 0.3) is 0 Å². The summed E-state index contributed by atoms with van der Waals surface area (Å²) in [5.74, 6) is -6.19. The summed E-state index contributed by atoms with van der Waals surface area (Å²) in [6.07, 6.45) is 0.399. The fraction of sp³-hybridized carbons (Fsp3) is 0.556. The van der Waals surface area contributed by atoms with Crippen molar-refractivity contribution in [2.75, 3.05) is 19.6 Å². The number of aliphatic hydroxyl groups excluding tert-OH is 1. The average Bonchev–Trinajstić information content (AvgIpc) is 2.66. The van der Waals surface area contributed by atoms with Crippen molar-refractivity contribution in [3.05, 3.63) is 35.9 Å². The first-order valence-corrected chi connectivity index (χ1v) is 8.74. The Morgan fingerprint density at radius 1 is 1.19 bits per heavy atom. The lowest BCUT2D eigenvalue weighted by atomic mass is 9.97. The van der Waals surface area contributed by atoms with E-state index in [2.05, 4.69) is 0 Å². The van der Waals surface area contributed by atoms with Gasteiger partial charge in [-0.1, -0.05) is 30.3 Å². The average molecular weight is 369 g/mol. The number of rotatable bonds is 7. The molecular weight excluding hydrogens is 344 g/mol. The molecule has 1 saturated heterocycles. The molecule has 2 rings (SSSR count). The van der Waals surface area contributed by atoms with Crippen LogP contribution in [0.1, 0.15) is 24.8 Å². The Hall–Kier alpha value is -2.06. The number of benzene rings is 1. The molecule has 1 heterocycles. The zero-order chi connectivity index (χ0) is 19.2. The van der Waals surface area contributed by atoms with Crippen molar-refractivity contribution in [1.82, 2.24) is 10.2 Å². The van der Waals surface area contributed by atoms with E-state index in [0.717, 1.165) is 19.3 Å². The zero-order valence-electron chi connectivity index (χ0n) is 14.5. The number of likely N-dealkylation sites (tertiary alicyclic amines) is 1. The van der Waals surface area contributed by atoms with Crippen LogP contribution in [0.15, 0.2) is 30.3 Å². The maximum Gasteiger partial charge on any atom is 0.351 e. The van der Waals surface area contributed by atoms with Crippen molar-refractivity contribution in [2.45, 2.75) is 43.8 Å². The standard InChI is InChI=1S/C18H25F2N3O3/c19-18(20,16(25)14(21)11-13-7-3-1-4-8-13)17(26)22-12-15(24)23-9-5-2-6-10-23/h1,3-4,7-8,14,16,25H,2,5-6,9-12,21H2,(H,22,26). The van der Waals surface area contributed by atoms with Crippen molar-refractivity contribution < 1.29 is 23.5 Å². The molecule has 1 fully saturated rings. The molecule has 2 amide bonds. The molecule has 1 aromatic carbocycles. The summed E-state index contributed by atoms with van der Waals surface area (Å²) in [4.78, 5) is 25.3. The minimum absolute atomic E-state index is 0.00240. The first-order chi connectivity index (χ1) is 12.3. The van der Waals surface area contributed by atoms with Crippen molar-refractivity contribution in [2.24, 2.45) is 5.73 Å². The SMILES string of the molecule is NC(Cc1ccccc1)C(O)C(F)(F)C(=O)NCC(=O)N1CCCCC1. The second-order valence-corrected chi connectivity index (χ2v) is 6.55. The van der Waals surface area contributed by atoms with E-state index >= 15 is 0 Å². The number of hydrogen-bond acceptors (Lipinski definition) is 4. The van der Waals surface area contributed by atoms with Gasteiger partial charge in [-0.2, -0.15) is 8.78 Å². The Bertz CT molecular complexity index is 607. The zero-order valence-corrected chi connectivity index (χ0v) is 14.5. The number of nitrogens with one attached hydrogen (secondary N) is 1. The quantitative estimate of drug-likeness (QED) is 0.659. The summed E-state index contributed by atoms with van der Waals surface area (Å²) >= 11 is 0. The van der Waals surface area contributed by atoms with E-state index < -0.39 is 36.4 Å². The summed E-state index contributed by atoms with van der Waals surface area (Å²) < 4.78 is 28.4. The van der Waals surface area contributed by atoms with E-state index in [1.54, 1.807) is 35.2 Å². The molecule has 1 aromatic rings. The van der Waals surface area contributed by atoms with Gasteiger partial charge in [-0.15, -0.1) is 0 Å². The van der Waals surface area contributed by atoms with Gasteiger partial charge in [-0.3, -0.25) is 9.59 Å². The van der Waals surface area contributed by atoms with Gasteiger partial charge < -0.3 is 21.1 Å². The molecule has 4 N–H and O–H groups in total. The molecule has 0 aromatic heterocycles. The van der Waals surface area contributed by atoms with Crippen LogP contribution in [0.5, 0.6) is 0 Å². The minimum Gasteiger partial charge on any atom is -0.385 e. The predicted octanol–water partition coefficient (Wildman–Crippen LogP) is 0.681. The Morgan fingerprint density at radius 3 is 2.42 bits per heavy atom. The number of nitrogens with two attached hydrogens (primary N) is 1. The van der Waals surface area contributed by atoms with Crippen LogP contribution in [-0.2, 0) is 16.0 Å².